The maximum atomic E-state index is 13.4. The van der Waals surface area contributed by atoms with Gasteiger partial charge in [0.1, 0.15) is 11.6 Å². The number of halogens is 2. The van der Waals surface area contributed by atoms with Crippen LogP contribution in [0.4, 0.5) is 14.7 Å². The van der Waals surface area contributed by atoms with Gasteiger partial charge in [0.05, 0.1) is 11.9 Å². The number of sulfonamides is 1. The van der Waals surface area contributed by atoms with Gasteiger partial charge >= 0.3 is 0 Å². The summed E-state index contributed by atoms with van der Waals surface area (Å²) in [6.07, 6.45) is 5.31. The first-order valence-corrected chi connectivity index (χ1v) is 13.4. The fourth-order valence-corrected chi connectivity index (χ4v) is 5.02. The van der Waals surface area contributed by atoms with Gasteiger partial charge in [0.2, 0.25) is 16.0 Å². The molecule has 0 bridgehead atoms. The number of benzene rings is 2. The Kier molecular flexibility index (Phi) is 8.04. The quantitative estimate of drug-likeness (QED) is 0.442. The van der Waals surface area contributed by atoms with Gasteiger partial charge in [-0.25, -0.2) is 27.2 Å². The lowest BCUT2D eigenvalue weighted by Gasteiger charge is -2.23. The van der Waals surface area contributed by atoms with Gasteiger partial charge in [-0.15, -0.1) is 0 Å². The average Bonchev–Trinajstić information content (AvgIpc) is 3.31. The van der Waals surface area contributed by atoms with Crippen LogP contribution in [0.25, 0.3) is 11.3 Å². The second-order valence-electron chi connectivity index (χ2n) is 8.77. The molecule has 2 heterocycles. The number of anilines is 1. The van der Waals surface area contributed by atoms with E-state index < -0.39 is 21.7 Å². The van der Waals surface area contributed by atoms with Crippen LogP contribution >= 0.6 is 0 Å². The van der Waals surface area contributed by atoms with Crippen molar-refractivity contribution in [3.05, 3.63) is 77.5 Å². The molecule has 0 spiro atoms. The Labute approximate surface area is 204 Å². The summed E-state index contributed by atoms with van der Waals surface area (Å²) in [6, 6.07) is 13.0. The zero-order valence-electron chi connectivity index (χ0n) is 19.5. The highest BCUT2D eigenvalue weighted by molar-refractivity contribution is 7.88. The molecule has 1 aromatic heterocycles. The molecule has 7 nitrogen and oxygen atoms in total. The minimum absolute atomic E-state index is 0.173. The summed E-state index contributed by atoms with van der Waals surface area (Å²) in [6.45, 7) is 2.05. The number of aromatic nitrogens is 2. The summed E-state index contributed by atoms with van der Waals surface area (Å²) in [4.78, 5) is 8.78. The van der Waals surface area contributed by atoms with Crippen molar-refractivity contribution in [2.45, 2.75) is 31.8 Å². The van der Waals surface area contributed by atoms with E-state index in [1.54, 1.807) is 12.3 Å². The van der Waals surface area contributed by atoms with Crippen molar-refractivity contribution in [3.63, 3.8) is 0 Å². The van der Waals surface area contributed by atoms with Gasteiger partial charge in [0, 0.05) is 43.5 Å². The van der Waals surface area contributed by atoms with Gasteiger partial charge < -0.3 is 10.6 Å². The van der Waals surface area contributed by atoms with E-state index in [4.69, 9.17) is 0 Å². The van der Waals surface area contributed by atoms with Crippen LogP contribution in [0, 0.1) is 11.6 Å². The molecule has 1 aliphatic heterocycles. The Morgan fingerprint density at radius 3 is 2.63 bits per heavy atom. The summed E-state index contributed by atoms with van der Waals surface area (Å²) in [5, 5.41) is 6.44. The number of hydrogen-bond donors (Lipinski definition) is 2. The van der Waals surface area contributed by atoms with E-state index in [0.29, 0.717) is 36.7 Å². The van der Waals surface area contributed by atoms with Crippen molar-refractivity contribution in [2.24, 2.45) is 0 Å². The van der Waals surface area contributed by atoms with Crippen molar-refractivity contribution < 1.29 is 17.2 Å². The lowest BCUT2D eigenvalue weighted by atomic mass is 10.1. The van der Waals surface area contributed by atoms with Gasteiger partial charge in [0.15, 0.2) is 0 Å². The Bertz CT molecular complexity index is 1250. The predicted octanol–water partition coefficient (Wildman–Crippen LogP) is 3.59. The maximum absolute atomic E-state index is 13.4. The van der Waals surface area contributed by atoms with E-state index in [9.17, 15) is 17.2 Å². The van der Waals surface area contributed by atoms with E-state index in [2.05, 4.69) is 20.6 Å². The minimum Gasteiger partial charge on any atom is -0.354 e. The highest BCUT2D eigenvalue weighted by Crippen LogP contribution is 2.21. The molecular formula is C25H29F2N5O2S. The number of hydrogen-bond acceptors (Lipinski definition) is 6. The van der Waals surface area contributed by atoms with Gasteiger partial charge in [0.25, 0.3) is 0 Å². The van der Waals surface area contributed by atoms with E-state index in [1.165, 1.54) is 22.7 Å². The van der Waals surface area contributed by atoms with Gasteiger partial charge in [-0.1, -0.05) is 18.2 Å². The Balaban J connectivity index is 1.43. The second-order valence-corrected chi connectivity index (χ2v) is 10.8. The molecule has 0 amide bonds. The summed E-state index contributed by atoms with van der Waals surface area (Å²) >= 11 is 0. The molecule has 2 aromatic carbocycles. The Hall–Kier alpha value is -2.95. The van der Waals surface area contributed by atoms with Crippen LogP contribution in [-0.4, -0.2) is 54.6 Å². The van der Waals surface area contributed by atoms with Crippen molar-refractivity contribution in [1.29, 1.82) is 0 Å². The normalized spacial score (nSPS) is 16.1. The molecule has 1 aliphatic rings. The lowest BCUT2D eigenvalue weighted by Crippen LogP contribution is -2.40. The zero-order chi connectivity index (χ0) is 24.8. The molecule has 0 radical (unpaired) electrons. The summed E-state index contributed by atoms with van der Waals surface area (Å²) in [7, 11) is -3.36. The van der Waals surface area contributed by atoms with E-state index in [1.807, 2.05) is 24.3 Å². The van der Waals surface area contributed by atoms with E-state index >= 15 is 0 Å². The first-order valence-electron chi connectivity index (χ1n) is 11.6. The molecule has 3 aromatic rings. The van der Waals surface area contributed by atoms with Gasteiger partial charge in [-0.2, -0.15) is 4.31 Å². The molecule has 0 saturated carbocycles. The fourth-order valence-electron chi connectivity index (χ4n) is 4.19. The zero-order valence-corrected chi connectivity index (χ0v) is 20.4. The molecule has 0 unspecified atom stereocenters. The van der Waals surface area contributed by atoms with Crippen molar-refractivity contribution in [3.8, 4) is 11.3 Å². The average molecular weight is 502 g/mol. The summed E-state index contributed by atoms with van der Waals surface area (Å²) in [5.41, 5.74) is 2.94. The Morgan fingerprint density at radius 2 is 1.91 bits per heavy atom. The molecule has 0 aliphatic carbocycles. The highest BCUT2D eigenvalue weighted by Gasteiger charge is 2.24. The lowest BCUT2D eigenvalue weighted by molar-refractivity contribution is 0.367. The van der Waals surface area contributed by atoms with Crippen LogP contribution in [0.5, 0.6) is 0 Å². The molecule has 2 N–H and O–H groups in total. The van der Waals surface area contributed by atoms with E-state index in [0.717, 1.165) is 36.6 Å². The van der Waals surface area contributed by atoms with Gasteiger partial charge in [-0.3, -0.25) is 0 Å². The third-order valence-corrected chi connectivity index (χ3v) is 7.13. The van der Waals surface area contributed by atoms with Gasteiger partial charge in [-0.05, 0) is 61.2 Å². The van der Waals surface area contributed by atoms with Crippen LogP contribution in [0.1, 0.15) is 24.0 Å². The van der Waals surface area contributed by atoms with Crippen LogP contribution in [0.15, 0.2) is 54.7 Å². The standard InChI is InChI=1S/C25H29F2N5O2S/c1-35(33,34)32(17-23-6-3-9-28-23)16-19-4-2-5-20(12-19)24-8-11-30-25(31-24)29-10-7-18-13-21(26)15-22(27)14-18/h2,4-5,8,11-15,23,28H,3,6-7,9-10,16-17H2,1H3,(H,29,30,31)/t23-/m0/s1. The molecule has 186 valence electrons. The third kappa shape index (κ3) is 7.27. The molecule has 10 heteroatoms. The molecule has 1 atom stereocenters. The number of nitrogens with zero attached hydrogens (tertiary/aromatic N) is 3. The smallest absolute Gasteiger partial charge is 0.223 e. The number of nitrogens with one attached hydrogen (secondary N) is 2. The highest BCUT2D eigenvalue weighted by atomic mass is 32.2. The first kappa shape index (κ1) is 25.2. The SMILES string of the molecule is CS(=O)(=O)N(Cc1cccc(-c2ccnc(NCCc3cc(F)cc(F)c3)n2)c1)C[C@@H]1CCCN1. The largest absolute Gasteiger partial charge is 0.354 e. The first-order chi connectivity index (χ1) is 16.8. The molecular weight excluding hydrogens is 472 g/mol. The van der Waals surface area contributed by atoms with Crippen LogP contribution in [0.2, 0.25) is 0 Å². The van der Waals surface area contributed by atoms with Crippen LogP contribution in [-0.2, 0) is 23.0 Å². The predicted molar refractivity (Wildman–Crippen MR) is 132 cm³/mol. The summed E-state index contributed by atoms with van der Waals surface area (Å²) < 4.78 is 53.0. The monoisotopic (exact) mass is 501 g/mol. The molecule has 1 fully saturated rings. The maximum Gasteiger partial charge on any atom is 0.223 e. The molecule has 35 heavy (non-hydrogen) atoms. The van der Waals surface area contributed by atoms with Crippen LogP contribution in [0.3, 0.4) is 0 Å². The second kappa shape index (κ2) is 11.2. The van der Waals surface area contributed by atoms with Crippen LogP contribution < -0.4 is 10.6 Å². The summed E-state index contributed by atoms with van der Waals surface area (Å²) in [5.74, 6) is -0.811. The van der Waals surface area contributed by atoms with Crippen molar-refractivity contribution >= 4 is 16.0 Å². The number of rotatable bonds is 10. The Morgan fingerprint density at radius 1 is 1.11 bits per heavy atom. The minimum atomic E-state index is -3.36. The molecule has 1 saturated heterocycles. The van der Waals surface area contributed by atoms with E-state index in [-0.39, 0.29) is 12.6 Å². The fraction of sp³-hybridized carbons (Fsp3) is 0.360. The van der Waals surface area contributed by atoms with Crippen molar-refractivity contribution in [2.75, 3.05) is 31.2 Å². The molecule has 4 rings (SSSR count). The third-order valence-electron chi connectivity index (χ3n) is 5.91. The topological polar surface area (TPSA) is 87.2 Å². The van der Waals surface area contributed by atoms with Crippen molar-refractivity contribution in [1.82, 2.24) is 19.6 Å².